The van der Waals surface area contributed by atoms with Crippen molar-refractivity contribution in [2.24, 2.45) is 0 Å². The summed E-state index contributed by atoms with van der Waals surface area (Å²) in [6.45, 7) is 0. The van der Waals surface area contributed by atoms with Gasteiger partial charge in [0.05, 0.1) is 22.8 Å². The standard InChI is InChI=1S/C41H26N4O3/c46-22-25-1-7-28(8-2-25)39-33-15-13-31(42-33)21-32-14-16-34(43-32)40(29-9-3-26(23-47)4-10-29)36-18-20-38(45-36)41(37-19-17-35(39)44-37)30-11-5-27(24-48)6-12-30/h1-24,42,45H. The van der Waals surface area contributed by atoms with Crippen LogP contribution < -0.4 is 0 Å². The van der Waals surface area contributed by atoms with Crippen molar-refractivity contribution in [3.8, 4) is 33.4 Å². The van der Waals surface area contributed by atoms with Crippen LogP contribution in [0, 0.1) is 0 Å². The number of carbonyl (C=O) groups is 3. The molecule has 5 heterocycles. The van der Waals surface area contributed by atoms with Gasteiger partial charge in [-0.2, -0.15) is 0 Å². The summed E-state index contributed by atoms with van der Waals surface area (Å²) in [6.07, 6.45) is 10.5. The fourth-order valence-corrected chi connectivity index (χ4v) is 6.24. The zero-order chi connectivity index (χ0) is 32.6. The van der Waals surface area contributed by atoms with Crippen LogP contribution in [0.3, 0.4) is 0 Å². The molecule has 0 radical (unpaired) electrons. The Balaban J connectivity index is 1.50. The third kappa shape index (κ3) is 5.19. The molecule has 48 heavy (non-hydrogen) atoms. The van der Waals surface area contributed by atoms with Gasteiger partial charge < -0.3 is 9.97 Å². The number of aromatic nitrogens is 4. The van der Waals surface area contributed by atoms with Gasteiger partial charge in [0, 0.05) is 55.4 Å². The van der Waals surface area contributed by atoms with Crippen LogP contribution in [-0.4, -0.2) is 38.8 Å². The van der Waals surface area contributed by atoms with Crippen LogP contribution in [0.5, 0.6) is 0 Å². The van der Waals surface area contributed by atoms with Crippen LogP contribution in [0.15, 0.2) is 103 Å². The monoisotopic (exact) mass is 622 g/mol. The van der Waals surface area contributed by atoms with E-state index < -0.39 is 0 Å². The van der Waals surface area contributed by atoms with Gasteiger partial charge in [0.15, 0.2) is 0 Å². The Morgan fingerprint density at radius 2 is 0.812 bits per heavy atom. The fourth-order valence-electron chi connectivity index (χ4n) is 6.24. The van der Waals surface area contributed by atoms with Crippen LogP contribution >= 0.6 is 0 Å². The van der Waals surface area contributed by atoms with Gasteiger partial charge in [-0.3, -0.25) is 14.4 Å². The van der Waals surface area contributed by atoms with E-state index in [4.69, 9.17) is 9.97 Å². The summed E-state index contributed by atoms with van der Waals surface area (Å²) in [5.41, 5.74) is 13.6. The first-order valence-electron chi connectivity index (χ1n) is 15.4. The molecule has 0 unspecified atom stereocenters. The van der Waals surface area contributed by atoms with E-state index in [0.29, 0.717) is 16.7 Å². The first kappa shape index (κ1) is 28.7. The Morgan fingerprint density at radius 3 is 1.27 bits per heavy atom. The lowest BCUT2D eigenvalue weighted by atomic mass is 10.0. The number of rotatable bonds is 6. The van der Waals surface area contributed by atoms with Crippen molar-refractivity contribution in [2.45, 2.75) is 0 Å². The van der Waals surface area contributed by atoms with Crippen LogP contribution in [0.25, 0.3) is 79.8 Å². The van der Waals surface area contributed by atoms with Gasteiger partial charge in [-0.15, -0.1) is 0 Å². The molecule has 2 aliphatic rings. The average Bonchev–Trinajstić information content (AvgIpc) is 3.97. The molecule has 3 aromatic heterocycles. The Hall–Kier alpha value is -6.73. The summed E-state index contributed by atoms with van der Waals surface area (Å²) in [4.78, 5) is 51.8. The number of fused-ring (bicyclic) bond motifs is 8. The third-order valence-corrected chi connectivity index (χ3v) is 8.58. The second-order valence-corrected chi connectivity index (χ2v) is 11.6. The summed E-state index contributed by atoms with van der Waals surface area (Å²) in [5, 5.41) is 0. The first-order chi connectivity index (χ1) is 23.6. The van der Waals surface area contributed by atoms with E-state index in [2.05, 4.69) is 9.97 Å². The van der Waals surface area contributed by atoms with Crippen molar-refractivity contribution in [1.82, 2.24) is 19.9 Å². The molecule has 0 fully saturated rings. The second kappa shape index (κ2) is 11.9. The highest BCUT2D eigenvalue weighted by molar-refractivity contribution is 5.98. The zero-order valence-electron chi connectivity index (χ0n) is 25.5. The van der Waals surface area contributed by atoms with Gasteiger partial charge >= 0.3 is 0 Å². The van der Waals surface area contributed by atoms with E-state index in [-0.39, 0.29) is 0 Å². The third-order valence-electron chi connectivity index (χ3n) is 8.58. The largest absolute Gasteiger partial charge is 0.355 e. The lowest BCUT2D eigenvalue weighted by Gasteiger charge is -2.06. The number of nitrogens with zero attached hydrogens (tertiary/aromatic N) is 2. The molecule has 8 rings (SSSR count). The molecular weight excluding hydrogens is 596 g/mol. The van der Waals surface area contributed by atoms with Gasteiger partial charge in [-0.25, -0.2) is 9.97 Å². The quantitative estimate of drug-likeness (QED) is 0.180. The maximum Gasteiger partial charge on any atom is 0.150 e. The molecule has 228 valence electrons. The minimum absolute atomic E-state index is 0.581. The molecular formula is C41H26N4O3. The highest BCUT2D eigenvalue weighted by Crippen LogP contribution is 2.36. The molecule has 3 aromatic carbocycles. The second-order valence-electron chi connectivity index (χ2n) is 11.6. The maximum atomic E-state index is 11.5. The number of aldehydes is 3. The van der Waals surface area contributed by atoms with Crippen molar-refractivity contribution in [3.63, 3.8) is 0 Å². The van der Waals surface area contributed by atoms with E-state index in [1.807, 2.05) is 91.0 Å². The number of H-pyrrole nitrogens is 2. The SMILES string of the molecule is O=Cc1ccc(-c2c3nc(c(-c4ccc(C=O)cc4)c4ccc([nH]4)c(-c4ccc(C=O)cc4)c4nc(cc5ccc2[nH]5)C=C4)C=C3)cc1. The summed E-state index contributed by atoms with van der Waals surface area (Å²) in [5.74, 6) is 0. The Morgan fingerprint density at radius 1 is 0.417 bits per heavy atom. The Kier molecular flexibility index (Phi) is 7.12. The van der Waals surface area contributed by atoms with E-state index in [1.54, 1.807) is 36.4 Å². The fraction of sp³-hybridized carbons (Fsp3) is 0. The molecule has 7 nitrogen and oxygen atoms in total. The smallest absolute Gasteiger partial charge is 0.150 e. The number of hydrogen-bond donors (Lipinski definition) is 2. The molecule has 6 aromatic rings. The van der Waals surface area contributed by atoms with E-state index in [1.165, 1.54) is 0 Å². The highest BCUT2D eigenvalue weighted by Gasteiger charge is 2.17. The molecule has 0 saturated carbocycles. The van der Waals surface area contributed by atoms with Gasteiger partial charge in [-0.05, 0) is 71.3 Å². The van der Waals surface area contributed by atoms with Crippen molar-refractivity contribution in [3.05, 3.63) is 143 Å². The zero-order valence-corrected chi connectivity index (χ0v) is 25.5. The minimum atomic E-state index is 0.581. The lowest BCUT2D eigenvalue weighted by Crippen LogP contribution is -1.89. The van der Waals surface area contributed by atoms with Crippen LogP contribution in [0.4, 0.5) is 0 Å². The molecule has 0 spiro atoms. The predicted molar refractivity (Wildman–Crippen MR) is 191 cm³/mol. The summed E-state index contributed by atoms with van der Waals surface area (Å²) >= 11 is 0. The number of aromatic amines is 2. The molecule has 7 heteroatoms. The number of hydrogen-bond acceptors (Lipinski definition) is 5. The van der Waals surface area contributed by atoms with Gasteiger partial charge in [-0.1, -0.05) is 72.8 Å². The van der Waals surface area contributed by atoms with Gasteiger partial charge in [0.25, 0.3) is 0 Å². The molecule has 0 atom stereocenters. The summed E-state index contributed by atoms with van der Waals surface area (Å²) in [7, 11) is 0. The first-order valence-corrected chi connectivity index (χ1v) is 15.4. The van der Waals surface area contributed by atoms with Crippen molar-refractivity contribution >= 4 is 65.2 Å². The number of benzene rings is 3. The molecule has 8 bridgehead atoms. The predicted octanol–water partition coefficient (Wildman–Crippen LogP) is 9.09. The van der Waals surface area contributed by atoms with E-state index >= 15 is 0 Å². The maximum absolute atomic E-state index is 11.5. The normalized spacial score (nSPS) is 11.8. The van der Waals surface area contributed by atoms with Crippen molar-refractivity contribution < 1.29 is 14.4 Å². The molecule has 2 aliphatic heterocycles. The Bertz CT molecular complexity index is 2430. The summed E-state index contributed by atoms with van der Waals surface area (Å²) < 4.78 is 0. The molecule has 2 N–H and O–H groups in total. The average molecular weight is 623 g/mol. The van der Waals surface area contributed by atoms with Crippen LogP contribution in [0.2, 0.25) is 0 Å². The van der Waals surface area contributed by atoms with Crippen LogP contribution in [0.1, 0.15) is 53.8 Å². The Labute approximate surface area is 275 Å². The minimum Gasteiger partial charge on any atom is -0.355 e. The van der Waals surface area contributed by atoms with Gasteiger partial charge in [0.1, 0.15) is 18.9 Å². The number of nitrogens with one attached hydrogen (secondary N) is 2. The lowest BCUT2D eigenvalue weighted by molar-refractivity contribution is 0.111. The van der Waals surface area contributed by atoms with E-state index in [0.717, 1.165) is 97.1 Å². The topological polar surface area (TPSA) is 109 Å². The van der Waals surface area contributed by atoms with Crippen molar-refractivity contribution in [1.29, 1.82) is 0 Å². The van der Waals surface area contributed by atoms with Crippen molar-refractivity contribution in [2.75, 3.05) is 0 Å². The highest BCUT2D eigenvalue weighted by atomic mass is 16.1. The molecule has 0 saturated heterocycles. The molecule has 0 amide bonds. The number of carbonyl (C=O) groups excluding carboxylic acids is 3. The van der Waals surface area contributed by atoms with Gasteiger partial charge in [0.2, 0.25) is 0 Å². The van der Waals surface area contributed by atoms with Crippen LogP contribution in [-0.2, 0) is 0 Å². The molecule has 0 aliphatic carbocycles. The van der Waals surface area contributed by atoms with E-state index in [9.17, 15) is 14.4 Å². The summed E-state index contributed by atoms with van der Waals surface area (Å²) in [6, 6.07) is 32.5.